The van der Waals surface area contributed by atoms with Gasteiger partial charge in [0.05, 0.1) is 0 Å². The highest BCUT2D eigenvalue weighted by atomic mass is 127. The lowest BCUT2D eigenvalue weighted by atomic mass is 9.88. The van der Waals surface area contributed by atoms with E-state index in [-0.39, 0.29) is 24.0 Å². The molecule has 0 saturated carbocycles. The van der Waals surface area contributed by atoms with E-state index in [1.807, 2.05) is 18.4 Å². The van der Waals surface area contributed by atoms with E-state index in [0.717, 1.165) is 12.5 Å². The van der Waals surface area contributed by atoms with Crippen molar-refractivity contribution in [2.45, 2.75) is 38.8 Å². The second-order valence-electron chi connectivity index (χ2n) is 6.10. The van der Waals surface area contributed by atoms with E-state index < -0.39 is 0 Å². The van der Waals surface area contributed by atoms with Crippen molar-refractivity contribution in [1.29, 1.82) is 0 Å². The zero-order valence-corrected chi connectivity index (χ0v) is 17.2. The Morgan fingerprint density at radius 3 is 2.86 bits per heavy atom. The fourth-order valence-corrected chi connectivity index (χ4v) is 4.06. The van der Waals surface area contributed by atoms with Crippen molar-refractivity contribution in [2.75, 3.05) is 27.2 Å². The summed E-state index contributed by atoms with van der Waals surface area (Å²) in [5.41, 5.74) is 0. The van der Waals surface area contributed by atoms with Crippen LogP contribution in [0.5, 0.6) is 0 Å². The number of guanidine groups is 1. The van der Waals surface area contributed by atoms with Crippen LogP contribution in [0.1, 0.15) is 37.6 Å². The first-order chi connectivity index (χ1) is 10.1. The van der Waals surface area contributed by atoms with Crippen LogP contribution < -0.4 is 10.6 Å². The number of halogens is 1. The van der Waals surface area contributed by atoms with E-state index in [0.29, 0.717) is 18.0 Å². The number of piperidine rings is 1. The molecule has 1 aromatic rings. The molecule has 4 nitrogen and oxygen atoms in total. The third-order valence-electron chi connectivity index (χ3n) is 4.02. The van der Waals surface area contributed by atoms with Gasteiger partial charge in [-0.25, -0.2) is 0 Å². The Morgan fingerprint density at radius 2 is 2.27 bits per heavy atom. The molecule has 1 saturated heterocycles. The molecule has 1 aliphatic heterocycles. The third kappa shape index (κ3) is 5.38. The quantitative estimate of drug-likeness (QED) is 0.432. The number of nitrogens with one attached hydrogen (secondary N) is 2. The summed E-state index contributed by atoms with van der Waals surface area (Å²) in [6, 6.07) is 5.36. The van der Waals surface area contributed by atoms with Gasteiger partial charge in [-0.15, -0.1) is 35.3 Å². The molecule has 0 radical (unpaired) electrons. The average Bonchev–Trinajstić information content (AvgIpc) is 2.96. The normalized spacial score (nSPS) is 23.2. The number of likely N-dealkylation sites (tertiary alicyclic amines) is 1. The van der Waals surface area contributed by atoms with Gasteiger partial charge in [0.15, 0.2) is 5.96 Å². The highest BCUT2D eigenvalue weighted by molar-refractivity contribution is 14.0. The summed E-state index contributed by atoms with van der Waals surface area (Å²) < 4.78 is 0. The predicted octanol–water partition coefficient (Wildman–Crippen LogP) is 3.32. The molecule has 2 heterocycles. The van der Waals surface area contributed by atoms with Crippen LogP contribution >= 0.6 is 35.3 Å². The second kappa shape index (κ2) is 9.72. The maximum absolute atomic E-state index is 4.30. The minimum Gasteiger partial charge on any atom is -0.356 e. The van der Waals surface area contributed by atoms with Crippen LogP contribution in [0.25, 0.3) is 0 Å². The van der Waals surface area contributed by atoms with Crippen LogP contribution in [0.2, 0.25) is 0 Å². The Kier molecular flexibility index (Phi) is 8.71. The molecule has 0 spiro atoms. The van der Waals surface area contributed by atoms with Crippen LogP contribution in [0.15, 0.2) is 22.5 Å². The van der Waals surface area contributed by atoms with Gasteiger partial charge in [-0.05, 0) is 57.6 Å². The second-order valence-corrected chi connectivity index (χ2v) is 7.07. The molecule has 1 fully saturated rings. The molecule has 2 unspecified atom stereocenters. The first-order valence-corrected chi connectivity index (χ1v) is 8.70. The number of hydrogen-bond acceptors (Lipinski definition) is 3. The molecule has 0 aromatic carbocycles. The summed E-state index contributed by atoms with van der Waals surface area (Å²) in [6.07, 6.45) is 2.56. The zero-order chi connectivity index (χ0) is 15.2. The van der Waals surface area contributed by atoms with Crippen LogP contribution in [0.3, 0.4) is 0 Å². The lowest BCUT2D eigenvalue weighted by Crippen LogP contribution is -2.46. The summed E-state index contributed by atoms with van der Waals surface area (Å²) in [7, 11) is 4.08. The van der Waals surface area contributed by atoms with Gasteiger partial charge in [-0.1, -0.05) is 6.07 Å². The van der Waals surface area contributed by atoms with E-state index in [4.69, 9.17) is 0 Å². The van der Waals surface area contributed by atoms with E-state index in [1.54, 1.807) is 0 Å². The van der Waals surface area contributed by atoms with Gasteiger partial charge < -0.3 is 10.6 Å². The molecule has 2 rings (SSSR count). The van der Waals surface area contributed by atoms with Crippen molar-refractivity contribution in [3.05, 3.63) is 22.4 Å². The molecule has 6 heteroatoms. The molecule has 2 N–H and O–H groups in total. The first-order valence-electron chi connectivity index (χ1n) is 7.82. The molecule has 0 bridgehead atoms. The number of hydrogen-bond donors (Lipinski definition) is 2. The topological polar surface area (TPSA) is 39.7 Å². The maximum atomic E-state index is 4.30. The van der Waals surface area contributed by atoms with Crippen LogP contribution in [-0.4, -0.2) is 44.1 Å². The number of rotatable bonds is 4. The molecule has 0 aliphatic carbocycles. The van der Waals surface area contributed by atoms with Crippen LogP contribution in [0.4, 0.5) is 0 Å². The van der Waals surface area contributed by atoms with Crippen LogP contribution in [-0.2, 0) is 0 Å². The minimum absolute atomic E-state index is 0. The van der Waals surface area contributed by atoms with Gasteiger partial charge in [0.1, 0.15) is 0 Å². The van der Waals surface area contributed by atoms with E-state index in [9.17, 15) is 0 Å². The molecule has 1 aromatic heterocycles. The Labute approximate surface area is 155 Å². The summed E-state index contributed by atoms with van der Waals surface area (Å²) in [5.74, 6) is 1.54. The molecule has 0 amide bonds. The lowest BCUT2D eigenvalue weighted by Gasteiger charge is -2.39. The Balaban J connectivity index is 0.00000242. The SMILES string of the molecule is CN=C(NCC1CCCN(C)C1c1cccs1)NC(C)C.I. The molecule has 22 heavy (non-hydrogen) atoms. The van der Waals surface area contributed by atoms with Gasteiger partial charge in [-0.2, -0.15) is 0 Å². The van der Waals surface area contributed by atoms with E-state index in [1.165, 1.54) is 24.3 Å². The number of aliphatic imine (C=N–C) groups is 1. The van der Waals surface area contributed by atoms with Crippen molar-refractivity contribution in [1.82, 2.24) is 15.5 Å². The Morgan fingerprint density at radius 1 is 1.50 bits per heavy atom. The van der Waals surface area contributed by atoms with E-state index >= 15 is 0 Å². The fourth-order valence-electron chi connectivity index (χ4n) is 3.08. The fraction of sp³-hybridized carbons (Fsp3) is 0.688. The maximum Gasteiger partial charge on any atom is 0.191 e. The number of nitrogens with zero attached hydrogens (tertiary/aromatic N) is 2. The molecule has 126 valence electrons. The van der Waals surface area contributed by atoms with Gasteiger partial charge in [-0.3, -0.25) is 9.89 Å². The van der Waals surface area contributed by atoms with Crippen LogP contribution in [0, 0.1) is 5.92 Å². The van der Waals surface area contributed by atoms with E-state index in [2.05, 4.69) is 58.9 Å². The van der Waals surface area contributed by atoms with Crippen molar-refractivity contribution in [3.8, 4) is 0 Å². The number of thiophene rings is 1. The Bertz CT molecular complexity index is 447. The van der Waals surface area contributed by atoms with Gasteiger partial charge in [0, 0.05) is 30.6 Å². The molecule has 2 atom stereocenters. The van der Waals surface area contributed by atoms with Gasteiger partial charge in [0.2, 0.25) is 0 Å². The summed E-state index contributed by atoms with van der Waals surface area (Å²) >= 11 is 1.87. The third-order valence-corrected chi connectivity index (χ3v) is 4.97. The standard InChI is InChI=1S/C16H28N4S.HI/c1-12(2)19-16(17-3)18-11-13-7-5-9-20(4)15(13)14-8-6-10-21-14;/h6,8,10,12-13,15H,5,7,9,11H2,1-4H3,(H2,17,18,19);1H. The monoisotopic (exact) mass is 436 g/mol. The first kappa shape index (κ1) is 19.7. The van der Waals surface area contributed by atoms with Crippen molar-refractivity contribution in [2.24, 2.45) is 10.9 Å². The average molecular weight is 436 g/mol. The van der Waals surface area contributed by atoms with Crippen molar-refractivity contribution >= 4 is 41.3 Å². The smallest absolute Gasteiger partial charge is 0.191 e. The Hall–Kier alpha value is -0.340. The van der Waals surface area contributed by atoms with Crippen molar-refractivity contribution < 1.29 is 0 Å². The largest absolute Gasteiger partial charge is 0.356 e. The summed E-state index contributed by atoms with van der Waals surface area (Å²) in [4.78, 5) is 8.29. The van der Waals surface area contributed by atoms with Crippen molar-refractivity contribution in [3.63, 3.8) is 0 Å². The van der Waals surface area contributed by atoms with Gasteiger partial charge >= 0.3 is 0 Å². The summed E-state index contributed by atoms with van der Waals surface area (Å²) in [5, 5.41) is 9.04. The predicted molar refractivity (Wildman–Crippen MR) is 107 cm³/mol. The lowest BCUT2D eigenvalue weighted by molar-refractivity contribution is 0.125. The molecular formula is C16H29IN4S. The summed E-state index contributed by atoms with van der Waals surface area (Å²) in [6.45, 7) is 6.43. The molecule has 1 aliphatic rings. The minimum atomic E-state index is 0. The highest BCUT2D eigenvalue weighted by Crippen LogP contribution is 2.36. The highest BCUT2D eigenvalue weighted by Gasteiger charge is 2.31. The zero-order valence-electron chi connectivity index (χ0n) is 14.0. The molecular weight excluding hydrogens is 407 g/mol. The van der Waals surface area contributed by atoms with Gasteiger partial charge in [0.25, 0.3) is 0 Å².